The summed E-state index contributed by atoms with van der Waals surface area (Å²) in [5.74, 6) is 0.673. The lowest BCUT2D eigenvalue weighted by Gasteiger charge is -2.12. The zero-order chi connectivity index (χ0) is 26.0. The standard InChI is InChI=1S/C30H25F3N4/c1-36(2)26-15-11-23(12-16-26)24-18-27-29(34-19-24)37(20-22-6-4-3-5-7-22)28(35-27)17-10-21-8-13-25(14-9-21)30(31,32)33/h3-19H,20H2,1-2H3/b17-10+. The molecule has 0 aliphatic heterocycles. The number of aromatic nitrogens is 3. The predicted octanol–water partition coefficient (Wildman–Crippen LogP) is 7.40. The molecule has 0 spiro atoms. The van der Waals surface area contributed by atoms with Crippen molar-refractivity contribution in [3.05, 3.63) is 114 Å². The molecule has 0 saturated heterocycles. The summed E-state index contributed by atoms with van der Waals surface area (Å²) in [7, 11) is 4.00. The number of anilines is 1. The molecule has 0 radical (unpaired) electrons. The van der Waals surface area contributed by atoms with Gasteiger partial charge in [-0.2, -0.15) is 13.2 Å². The Morgan fingerprint density at radius 2 is 1.54 bits per heavy atom. The van der Waals surface area contributed by atoms with E-state index in [-0.39, 0.29) is 0 Å². The Morgan fingerprint density at radius 1 is 0.838 bits per heavy atom. The molecule has 0 amide bonds. The fraction of sp³-hybridized carbons (Fsp3) is 0.133. The van der Waals surface area contributed by atoms with Crippen LogP contribution in [-0.2, 0) is 12.7 Å². The summed E-state index contributed by atoms with van der Waals surface area (Å²) in [6.45, 7) is 0.563. The minimum atomic E-state index is -4.36. The number of halogens is 3. The molecule has 2 aromatic heterocycles. The van der Waals surface area contributed by atoms with Crippen molar-refractivity contribution in [2.75, 3.05) is 19.0 Å². The van der Waals surface area contributed by atoms with Gasteiger partial charge in [-0.3, -0.25) is 0 Å². The Morgan fingerprint density at radius 3 is 2.19 bits per heavy atom. The largest absolute Gasteiger partial charge is 0.416 e. The SMILES string of the molecule is CN(C)c1ccc(-c2cnc3c(c2)nc(/C=C/c2ccc(C(F)(F)F)cc2)n3Cc2ccccc2)cc1. The van der Waals surface area contributed by atoms with Crippen LogP contribution in [0.25, 0.3) is 34.4 Å². The van der Waals surface area contributed by atoms with Crippen LogP contribution in [0, 0.1) is 0 Å². The van der Waals surface area contributed by atoms with Gasteiger partial charge in [0, 0.05) is 31.5 Å². The van der Waals surface area contributed by atoms with Crippen LogP contribution in [0.3, 0.4) is 0 Å². The van der Waals surface area contributed by atoms with Crippen LogP contribution in [0.1, 0.15) is 22.5 Å². The van der Waals surface area contributed by atoms with Crippen LogP contribution in [0.2, 0.25) is 0 Å². The highest BCUT2D eigenvalue weighted by Gasteiger charge is 2.29. The van der Waals surface area contributed by atoms with E-state index in [1.54, 1.807) is 6.08 Å². The first kappa shape index (κ1) is 24.3. The molecular formula is C30H25F3N4. The lowest BCUT2D eigenvalue weighted by Crippen LogP contribution is -2.07. The molecule has 0 bridgehead atoms. The van der Waals surface area contributed by atoms with E-state index in [2.05, 4.69) is 24.3 Å². The van der Waals surface area contributed by atoms with Crippen molar-refractivity contribution in [1.82, 2.24) is 14.5 Å². The van der Waals surface area contributed by atoms with Crippen molar-refractivity contribution in [3.63, 3.8) is 0 Å². The fourth-order valence-corrected chi connectivity index (χ4v) is 4.14. The van der Waals surface area contributed by atoms with Gasteiger partial charge >= 0.3 is 6.18 Å². The third-order valence-electron chi connectivity index (χ3n) is 6.18. The maximum Gasteiger partial charge on any atom is 0.416 e. The Balaban J connectivity index is 1.52. The Bertz CT molecular complexity index is 1530. The Hall–Kier alpha value is -4.39. The summed E-state index contributed by atoms with van der Waals surface area (Å²) < 4.78 is 40.8. The zero-order valence-electron chi connectivity index (χ0n) is 20.4. The highest BCUT2D eigenvalue weighted by molar-refractivity contribution is 5.81. The number of hydrogen-bond acceptors (Lipinski definition) is 3. The molecule has 2 heterocycles. The summed E-state index contributed by atoms with van der Waals surface area (Å²) >= 11 is 0. The zero-order valence-corrected chi connectivity index (χ0v) is 20.4. The van der Waals surface area contributed by atoms with Crippen molar-refractivity contribution in [3.8, 4) is 11.1 Å². The molecule has 4 nitrogen and oxygen atoms in total. The highest BCUT2D eigenvalue weighted by Crippen LogP contribution is 2.30. The second-order valence-corrected chi connectivity index (χ2v) is 9.00. The maximum absolute atomic E-state index is 12.9. The van der Waals surface area contributed by atoms with E-state index in [1.165, 1.54) is 12.1 Å². The summed E-state index contributed by atoms with van der Waals surface area (Å²) in [5, 5.41) is 0. The van der Waals surface area contributed by atoms with Gasteiger partial charge < -0.3 is 9.47 Å². The van der Waals surface area contributed by atoms with Crippen LogP contribution >= 0.6 is 0 Å². The quantitative estimate of drug-likeness (QED) is 0.245. The smallest absolute Gasteiger partial charge is 0.378 e. The minimum Gasteiger partial charge on any atom is -0.378 e. The van der Waals surface area contributed by atoms with Crippen LogP contribution in [-0.4, -0.2) is 28.6 Å². The van der Waals surface area contributed by atoms with Crippen LogP contribution in [0.15, 0.2) is 91.1 Å². The molecule has 0 saturated carbocycles. The van der Waals surface area contributed by atoms with E-state index >= 15 is 0 Å². The number of rotatable bonds is 6. The van der Waals surface area contributed by atoms with E-state index in [0.29, 0.717) is 17.9 Å². The minimum absolute atomic E-state index is 0.563. The second kappa shape index (κ2) is 9.93. The molecule has 5 aromatic rings. The Labute approximate surface area is 213 Å². The average Bonchev–Trinajstić information content (AvgIpc) is 3.24. The van der Waals surface area contributed by atoms with Crippen molar-refractivity contribution in [1.29, 1.82) is 0 Å². The Kier molecular flexibility index (Phi) is 6.53. The molecule has 186 valence electrons. The van der Waals surface area contributed by atoms with E-state index in [9.17, 15) is 13.2 Å². The van der Waals surface area contributed by atoms with Gasteiger partial charge in [0.15, 0.2) is 5.65 Å². The van der Waals surface area contributed by atoms with Gasteiger partial charge in [0.2, 0.25) is 0 Å². The molecule has 0 aliphatic rings. The van der Waals surface area contributed by atoms with Crippen molar-refractivity contribution in [2.24, 2.45) is 0 Å². The third-order valence-corrected chi connectivity index (χ3v) is 6.18. The number of fused-ring (bicyclic) bond motifs is 1. The monoisotopic (exact) mass is 498 g/mol. The number of pyridine rings is 1. The second-order valence-electron chi connectivity index (χ2n) is 9.00. The van der Waals surface area contributed by atoms with Crippen LogP contribution in [0.5, 0.6) is 0 Å². The topological polar surface area (TPSA) is 34.0 Å². The number of hydrogen-bond donors (Lipinski definition) is 0. The first-order chi connectivity index (χ1) is 17.8. The van der Waals surface area contributed by atoms with Gasteiger partial charge in [-0.1, -0.05) is 60.7 Å². The molecule has 5 rings (SSSR count). The van der Waals surface area contributed by atoms with Gasteiger partial charge in [-0.15, -0.1) is 0 Å². The van der Waals surface area contributed by atoms with Gasteiger partial charge in [0.05, 0.1) is 12.1 Å². The van der Waals surface area contributed by atoms with Crippen LogP contribution in [0.4, 0.5) is 18.9 Å². The summed E-state index contributed by atoms with van der Waals surface area (Å²) in [4.78, 5) is 11.6. The van der Waals surface area contributed by atoms with Gasteiger partial charge in [-0.05, 0) is 53.1 Å². The molecule has 0 aliphatic carbocycles. The first-order valence-electron chi connectivity index (χ1n) is 11.8. The molecule has 0 atom stereocenters. The van der Waals surface area contributed by atoms with Crippen LogP contribution < -0.4 is 4.90 Å². The number of alkyl halides is 3. The van der Waals surface area contributed by atoms with E-state index in [0.717, 1.165) is 45.7 Å². The van der Waals surface area contributed by atoms with E-state index in [1.807, 2.05) is 72.2 Å². The molecule has 0 unspecified atom stereocenters. The third kappa shape index (κ3) is 5.40. The van der Waals surface area contributed by atoms with Crippen molar-refractivity contribution < 1.29 is 13.2 Å². The summed E-state index contributed by atoms with van der Waals surface area (Å²) in [5.41, 5.74) is 5.68. The normalized spacial score (nSPS) is 11.9. The van der Waals surface area contributed by atoms with E-state index < -0.39 is 11.7 Å². The van der Waals surface area contributed by atoms with Crippen molar-refractivity contribution >= 4 is 29.0 Å². The lowest BCUT2D eigenvalue weighted by molar-refractivity contribution is -0.137. The summed E-state index contributed by atoms with van der Waals surface area (Å²) in [6, 6.07) is 25.3. The summed E-state index contributed by atoms with van der Waals surface area (Å²) in [6.07, 6.45) is 1.07. The first-order valence-corrected chi connectivity index (χ1v) is 11.8. The molecular weight excluding hydrogens is 473 g/mol. The molecule has 0 N–H and O–H groups in total. The maximum atomic E-state index is 12.9. The average molecular weight is 499 g/mol. The highest BCUT2D eigenvalue weighted by atomic mass is 19.4. The molecule has 37 heavy (non-hydrogen) atoms. The molecule has 0 fully saturated rings. The van der Waals surface area contributed by atoms with Crippen molar-refractivity contribution in [2.45, 2.75) is 12.7 Å². The molecule has 7 heteroatoms. The molecule has 3 aromatic carbocycles. The van der Waals surface area contributed by atoms with Gasteiger partial charge in [0.1, 0.15) is 11.3 Å². The number of imidazole rings is 1. The fourth-order valence-electron chi connectivity index (χ4n) is 4.14. The predicted molar refractivity (Wildman–Crippen MR) is 143 cm³/mol. The lowest BCUT2D eigenvalue weighted by atomic mass is 10.1. The number of benzene rings is 3. The number of nitrogens with zero attached hydrogens (tertiary/aromatic N) is 4. The van der Waals surface area contributed by atoms with E-state index in [4.69, 9.17) is 9.97 Å². The van der Waals surface area contributed by atoms with Gasteiger partial charge in [0.25, 0.3) is 0 Å². The van der Waals surface area contributed by atoms with Gasteiger partial charge in [-0.25, -0.2) is 9.97 Å².